The smallest absolute Gasteiger partial charge is 0.340 e. The van der Waals surface area contributed by atoms with Crippen LogP contribution in [-0.2, 0) is 14.3 Å². The predicted molar refractivity (Wildman–Crippen MR) is 66.0 cm³/mol. The summed E-state index contributed by atoms with van der Waals surface area (Å²) >= 11 is 0. The highest BCUT2D eigenvalue weighted by Crippen LogP contribution is 2.09. The van der Waals surface area contributed by atoms with E-state index in [1.165, 1.54) is 12.2 Å². The Morgan fingerprint density at radius 1 is 1.21 bits per heavy atom. The highest BCUT2D eigenvalue weighted by molar-refractivity contribution is 5.89. The van der Waals surface area contributed by atoms with Gasteiger partial charge in [-0.2, -0.15) is 4.99 Å². The summed E-state index contributed by atoms with van der Waals surface area (Å²) in [6.45, 7) is 0.247. The SMILES string of the molecule is O=C=NCCCC(N=C=O)OC(=O)c1ccccc1. The molecular formula is C13H12N2O4. The summed E-state index contributed by atoms with van der Waals surface area (Å²) < 4.78 is 5.05. The van der Waals surface area contributed by atoms with Gasteiger partial charge >= 0.3 is 5.97 Å². The third kappa shape index (κ3) is 5.55. The van der Waals surface area contributed by atoms with E-state index in [4.69, 9.17) is 4.74 Å². The molecule has 1 aromatic rings. The molecule has 0 amide bonds. The van der Waals surface area contributed by atoms with Crippen LogP contribution in [0.4, 0.5) is 0 Å². The van der Waals surface area contributed by atoms with Crippen molar-refractivity contribution in [1.82, 2.24) is 0 Å². The first-order chi connectivity index (χ1) is 9.27. The third-order valence-electron chi connectivity index (χ3n) is 2.23. The molecule has 19 heavy (non-hydrogen) atoms. The largest absolute Gasteiger partial charge is 0.435 e. The van der Waals surface area contributed by atoms with Crippen molar-refractivity contribution < 1.29 is 19.1 Å². The Balaban J connectivity index is 2.55. The topological polar surface area (TPSA) is 85.2 Å². The molecule has 1 atom stereocenters. The molecular weight excluding hydrogens is 248 g/mol. The molecule has 0 aliphatic carbocycles. The van der Waals surface area contributed by atoms with Crippen LogP contribution in [-0.4, -0.2) is 30.9 Å². The molecule has 0 bridgehead atoms. The quantitative estimate of drug-likeness (QED) is 0.322. The number of aliphatic imine (C=N–C) groups is 2. The summed E-state index contributed by atoms with van der Waals surface area (Å²) in [7, 11) is 0. The molecule has 1 unspecified atom stereocenters. The normalized spacial score (nSPS) is 10.7. The number of hydrogen-bond acceptors (Lipinski definition) is 6. The number of benzene rings is 1. The average Bonchev–Trinajstić information content (AvgIpc) is 2.44. The first kappa shape index (κ1) is 14.5. The fourth-order valence-electron chi connectivity index (χ4n) is 1.37. The second kappa shape index (κ2) is 8.53. The first-order valence-corrected chi connectivity index (χ1v) is 5.64. The van der Waals surface area contributed by atoms with Gasteiger partial charge in [0.1, 0.15) is 0 Å². The molecule has 0 saturated heterocycles. The van der Waals surface area contributed by atoms with E-state index >= 15 is 0 Å². The van der Waals surface area contributed by atoms with Gasteiger partial charge in [-0.1, -0.05) is 18.2 Å². The van der Waals surface area contributed by atoms with Gasteiger partial charge in [0.2, 0.25) is 18.4 Å². The molecule has 0 aliphatic rings. The molecule has 0 saturated carbocycles. The van der Waals surface area contributed by atoms with Gasteiger partial charge in [0.05, 0.1) is 12.1 Å². The lowest BCUT2D eigenvalue weighted by Crippen LogP contribution is -2.16. The van der Waals surface area contributed by atoms with Gasteiger partial charge in [0, 0.05) is 6.42 Å². The summed E-state index contributed by atoms with van der Waals surface area (Å²) in [6.07, 6.45) is 2.59. The maximum absolute atomic E-state index is 11.7. The van der Waals surface area contributed by atoms with Crippen molar-refractivity contribution in [2.24, 2.45) is 9.98 Å². The van der Waals surface area contributed by atoms with Crippen LogP contribution < -0.4 is 0 Å². The second-order valence-corrected chi connectivity index (χ2v) is 3.56. The van der Waals surface area contributed by atoms with Crippen molar-refractivity contribution in [2.75, 3.05) is 6.54 Å². The van der Waals surface area contributed by atoms with Crippen molar-refractivity contribution in [1.29, 1.82) is 0 Å². The van der Waals surface area contributed by atoms with Crippen molar-refractivity contribution in [2.45, 2.75) is 19.1 Å². The molecule has 1 aromatic carbocycles. The fraction of sp³-hybridized carbons (Fsp3) is 0.308. The zero-order chi connectivity index (χ0) is 13.9. The average molecular weight is 260 g/mol. The Hall–Kier alpha value is -2.55. The van der Waals surface area contributed by atoms with E-state index in [1.807, 2.05) is 0 Å². The van der Waals surface area contributed by atoms with Crippen LogP contribution in [0.2, 0.25) is 0 Å². The van der Waals surface area contributed by atoms with E-state index in [1.54, 1.807) is 30.3 Å². The van der Waals surface area contributed by atoms with Crippen molar-refractivity contribution in [3.05, 3.63) is 35.9 Å². The molecule has 0 fully saturated rings. The molecule has 0 aliphatic heterocycles. The van der Waals surface area contributed by atoms with E-state index in [-0.39, 0.29) is 6.54 Å². The molecule has 6 heteroatoms. The summed E-state index contributed by atoms with van der Waals surface area (Å²) in [6, 6.07) is 8.37. The molecule has 0 N–H and O–H groups in total. The minimum atomic E-state index is -0.910. The highest BCUT2D eigenvalue weighted by atomic mass is 16.6. The number of carbonyl (C=O) groups is 1. The Labute approximate surface area is 109 Å². The lowest BCUT2D eigenvalue weighted by atomic mass is 10.2. The van der Waals surface area contributed by atoms with Gasteiger partial charge in [0.25, 0.3) is 0 Å². The Bertz CT molecular complexity index is 503. The molecule has 1 rings (SSSR count). The number of nitrogens with zero attached hydrogens (tertiary/aromatic N) is 2. The van der Waals surface area contributed by atoms with Crippen LogP contribution in [0.3, 0.4) is 0 Å². The minimum Gasteiger partial charge on any atom is -0.435 e. The Morgan fingerprint density at radius 2 is 1.95 bits per heavy atom. The second-order valence-electron chi connectivity index (χ2n) is 3.56. The molecule has 6 nitrogen and oxygen atoms in total. The monoisotopic (exact) mass is 260 g/mol. The van der Waals surface area contributed by atoms with Crippen molar-refractivity contribution in [3.8, 4) is 0 Å². The van der Waals surface area contributed by atoms with E-state index in [2.05, 4.69) is 9.98 Å². The van der Waals surface area contributed by atoms with Crippen LogP contribution in [0.25, 0.3) is 0 Å². The zero-order valence-corrected chi connectivity index (χ0v) is 10.1. The summed E-state index contributed by atoms with van der Waals surface area (Å²) in [4.78, 5) is 38.6. The summed E-state index contributed by atoms with van der Waals surface area (Å²) in [5.41, 5.74) is 0.375. The van der Waals surface area contributed by atoms with E-state index in [9.17, 15) is 14.4 Å². The van der Waals surface area contributed by atoms with Crippen LogP contribution in [0.1, 0.15) is 23.2 Å². The van der Waals surface area contributed by atoms with Crippen molar-refractivity contribution >= 4 is 18.1 Å². The van der Waals surface area contributed by atoms with Gasteiger partial charge in [-0.25, -0.2) is 19.4 Å². The van der Waals surface area contributed by atoms with Crippen molar-refractivity contribution in [3.63, 3.8) is 0 Å². The summed E-state index contributed by atoms with van der Waals surface area (Å²) in [5.74, 6) is -0.566. The molecule has 0 aromatic heterocycles. The number of ether oxygens (including phenoxy) is 1. The fourth-order valence-corrected chi connectivity index (χ4v) is 1.37. The maximum Gasteiger partial charge on any atom is 0.340 e. The summed E-state index contributed by atoms with van der Waals surface area (Å²) in [5, 5.41) is 0. The third-order valence-corrected chi connectivity index (χ3v) is 2.23. The minimum absolute atomic E-state index is 0.247. The van der Waals surface area contributed by atoms with E-state index in [0.717, 1.165) is 0 Å². The van der Waals surface area contributed by atoms with E-state index < -0.39 is 12.2 Å². The molecule has 98 valence electrons. The first-order valence-electron chi connectivity index (χ1n) is 5.64. The highest BCUT2D eigenvalue weighted by Gasteiger charge is 2.14. The molecule has 0 heterocycles. The van der Waals surface area contributed by atoms with Crippen LogP contribution in [0.5, 0.6) is 0 Å². The maximum atomic E-state index is 11.7. The van der Waals surface area contributed by atoms with Crippen LogP contribution >= 0.6 is 0 Å². The number of hydrogen-bond donors (Lipinski definition) is 0. The van der Waals surface area contributed by atoms with Gasteiger partial charge in [0.15, 0.2) is 0 Å². The van der Waals surface area contributed by atoms with Gasteiger partial charge in [-0.05, 0) is 18.6 Å². The van der Waals surface area contributed by atoms with E-state index in [0.29, 0.717) is 18.4 Å². The van der Waals surface area contributed by atoms with Gasteiger partial charge < -0.3 is 4.74 Å². The zero-order valence-electron chi connectivity index (χ0n) is 10.1. The number of rotatable bonds is 7. The Kier molecular flexibility index (Phi) is 6.51. The van der Waals surface area contributed by atoms with Crippen LogP contribution in [0, 0.1) is 0 Å². The lowest BCUT2D eigenvalue weighted by Gasteiger charge is -2.11. The van der Waals surface area contributed by atoms with Gasteiger partial charge in [-0.3, -0.25) is 0 Å². The Morgan fingerprint density at radius 3 is 2.58 bits per heavy atom. The standard InChI is InChI=1S/C13H12N2O4/c16-9-14-8-4-7-12(15-10-17)19-13(18)11-5-2-1-3-6-11/h1-3,5-6,12H,4,7-8H2. The lowest BCUT2D eigenvalue weighted by molar-refractivity contribution is 0.0301. The van der Waals surface area contributed by atoms with Crippen LogP contribution in [0.15, 0.2) is 40.3 Å². The molecule has 0 radical (unpaired) electrons. The number of esters is 1. The number of carbonyl (C=O) groups excluding carboxylic acids is 3. The number of isocyanates is 2. The van der Waals surface area contributed by atoms with Gasteiger partial charge in [-0.15, -0.1) is 0 Å². The molecule has 0 spiro atoms. The predicted octanol–water partition coefficient (Wildman–Crippen LogP) is 1.62.